The van der Waals surface area contributed by atoms with Crippen molar-refractivity contribution in [2.24, 2.45) is 0 Å². The molecular formula is C32H31N3O2S. The molecule has 0 spiro atoms. The van der Waals surface area contributed by atoms with Gasteiger partial charge < -0.3 is 10.1 Å². The van der Waals surface area contributed by atoms with Gasteiger partial charge in [0, 0.05) is 17.0 Å². The number of anilines is 1. The maximum atomic E-state index is 13.6. The number of carbonyl (C=O) groups is 1. The molecule has 1 aromatic heterocycles. The van der Waals surface area contributed by atoms with Crippen LogP contribution in [0.25, 0.3) is 11.1 Å². The molecule has 0 radical (unpaired) electrons. The van der Waals surface area contributed by atoms with E-state index in [1.54, 1.807) is 0 Å². The minimum absolute atomic E-state index is 0.300. The molecule has 192 valence electrons. The van der Waals surface area contributed by atoms with Gasteiger partial charge in [-0.3, -0.25) is 4.79 Å². The van der Waals surface area contributed by atoms with E-state index in [4.69, 9.17) is 9.72 Å². The van der Waals surface area contributed by atoms with Crippen molar-refractivity contribution in [2.45, 2.75) is 44.4 Å². The van der Waals surface area contributed by atoms with Crippen molar-refractivity contribution in [1.82, 2.24) is 4.98 Å². The second kappa shape index (κ2) is 12.9. The SMILES string of the molecule is CCCCOc1ccc(-c2c(C#N)c(SCc3ccccc3C)nc(C)c2C(=O)Nc2ccccc2)cc1. The molecule has 4 aromatic rings. The Balaban J connectivity index is 1.77. The number of hydrogen-bond acceptors (Lipinski definition) is 5. The Kier molecular flexibility index (Phi) is 9.18. The van der Waals surface area contributed by atoms with E-state index < -0.39 is 0 Å². The standard InChI is InChI=1S/C32H31N3O2S/c1-4-5-19-37-27-17-15-24(16-18-27)30-28(20-33)32(38-21-25-12-10-9-11-22(25)2)34-23(3)29(30)31(36)35-26-13-7-6-8-14-26/h6-18H,4-5,19,21H2,1-3H3,(H,35,36). The van der Waals surface area contributed by atoms with Crippen molar-refractivity contribution in [1.29, 1.82) is 5.26 Å². The van der Waals surface area contributed by atoms with Gasteiger partial charge in [-0.15, -0.1) is 11.8 Å². The van der Waals surface area contributed by atoms with Gasteiger partial charge in [0.25, 0.3) is 5.91 Å². The summed E-state index contributed by atoms with van der Waals surface area (Å²) in [6.45, 7) is 6.67. The molecule has 0 bridgehead atoms. The molecule has 4 rings (SSSR count). The number of aryl methyl sites for hydroxylation is 2. The molecule has 0 aliphatic rings. The number of nitrogens with one attached hydrogen (secondary N) is 1. The lowest BCUT2D eigenvalue weighted by molar-refractivity contribution is 0.102. The van der Waals surface area contributed by atoms with Crippen LogP contribution in [0.1, 0.15) is 52.5 Å². The van der Waals surface area contributed by atoms with Gasteiger partial charge >= 0.3 is 0 Å². The molecule has 0 saturated carbocycles. The molecule has 0 aliphatic heterocycles. The van der Waals surface area contributed by atoms with Crippen LogP contribution in [0.15, 0.2) is 83.9 Å². The van der Waals surface area contributed by atoms with Crippen LogP contribution in [0, 0.1) is 25.2 Å². The summed E-state index contributed by atoms with van der Waals surface area (Å²) in [5, 5.41) is 13.9. The highest BCUT2D eigenvalue weighted by atomic mass is 32.2. The Morgan fingerprint density at radius 1 is 1.00 bits per heavy atom. The lowest BCUT2D eigenvalue weighted by Gasteiger charge is -2.18. The van der Waals surface area contributed by atoms with Crippen molar-refractivity contribution >= 4 is 23.4 Å². The molecule has 0 atom stereocenters. The van der Waals surface area contributed by atoms with Crippen molar-refractivity contribution in [3.05, 3.63) is 107 Å². The summed E-state index contributed by atoms with van der Waals surface area (Å²) in [6, 6.07) is 27.4. The van der Waals surface area contributed by atoms with E-state index in [2.05, 4.69) is 37.4 Å². The number of rotatable bonds is 10. The second-order valence-corrected chi connectivity index (χ2v) is 9.96. The molecule has 6 heteroatoms. The molecule has 0 aliphatic carbocycles. The number of nitriles is 1. The summed E-state index contributed by atoms with van der Waals surface area (Å²) >= 11 is 1.51. The monoisotopic (exact) mass is 521 g/mol. The van der Waals surface area contributed by atoms with Crippen LogP contribution in [-0.4, -0.2) is 17.5 Å². The van der Waals surface area contributed by atoms with Gasteiger partial charge in [0.1, 0.15) is 16.8 Å². The van der Waals surface area contributed by atoms with Gasteiger partial charge in [0.2, 0.25) is 0 Å². The zero-order valence-corrected chi connectivity index (χ0v) is 22.8. The Labute approximate surface area is 228 Å². The summed E-state index contributed by atoms with van der Waals surface area (Å²) < 4.78 is 5.84. The van der Waals surface area contributed by atoms with Gasteiger partial charge in [0.05, 0.1) is 23.4 Å². The van der Waals surface area contributed by atoms with Crippen LogP contribution >= 0.6 is 11.8 Å². The average molecular weight is 522 g/mol. The van der Waals surface area contributed by atoms with Gasteiger partial charge in [-0.1, -0.05) is 67.9 Å². The van der Waals surface area contributed by atoms with Crippen molar-refractivity contribution in [3.8, 4) is 22.9 Å². The Morgan fingerprint density at radius 2 is 1.71 bits per heavy atom. The summed E-state index contributed by atoms with van der Waals surface area (Å²) in [6.07, 6.45) is 2.04. The minimum atomic E-state index is -0.300. The molecule has 5 nitrogen and oxygen atoms in total. The zero-order valence-electron chi connectivity index (χ0n) is 22.0. The summed E-state index contributed by atoms with van der Waals surface area (Å²) in [4.78, 5) is 18.3. The van der Waals surface area contributed by atoms with E-state index in [1.165, 1.54) is 22.9 Å². The van der Waals surface area contributed by atoms with Crippen LogP contribution in [0.2, 0.25) is 0 Å². The fourth-order valence-corrected chi connectivity index (χ4v) is 5.25. The Bertz CT molecular complexity index is 1440. The van der Waals surface area contributed by atoms with E-state index in [9.17, 15) is 10.1 Å². The maximum absolute atomic E-state index is 13.6. The number of aromatic nitrogens is 1. The first-order chi connectivity index (χ1) is 18.5. The zero-order chi connectivity index (χ0) is 26.9. The number of unbranched alkanes of at least 4 members (excludes halogenated alkanes) is 1. The highest BCUT2D eigenvalue weighted by molar-refractivity contribution is 7.98. The smallest absolute Gasteiger partial charge is 0.258 e. The molecule has 1 amide bonds. The normalized spacial score (nSPS) is 10.6. The van der Waals surface area contributed by atoms with E-state index in [-0.39, 0.29) is 5.91 Å². The number of para-hydroxylation sites is 1. The lowest BCUT2D eigenvalue weighted by atomic mass is 9.94. The van der Waals surface area contributed by atoms with E-state index in [0.717, 1.165) is 24.2 Å². The second-order valence-electron chi connectivity index (χ2n) is 9.00. The first kappa shape index (κ1) is 27.0. The van der Waals surface area contributed by atoms with Crippen LogP contribution < -0.4 is 10.1 Å². The Morgan fingerprint density at radius 3 is 2.39 bits per heavy atom. The van der Waals surface area contributed by atoms with Crippen molar-refractivity contribution in [2.75, 3.05) is 11.9 Å². The third kappa shape index (κ3) is 6.42. The fraction of sp³-hybridized carbons (Fsp3) is 0.219. The number of nitrogens with zero attached hydrogens (tertiary/aromatic N) is 2. The van der Waals surface area contributed by atoms with Gasteiger partial charge in [0.15, 0.2) is 0 Å². The first-order valence-corrected chi connectivity index (χ1v) is 13.7. The molecular weight excluding hydrogens is 490 g/mol. The highest BCUT2D eigenvalue weighted by Gasteiger charge is 2.24. The topological polar surface area (TPSA) is 75.0 Å². The van der Waals surface area contributed by atoms with Crippen LogP contribution in [0.5, 0.6) is 5.75 Å². The van der Waals surface area contributed by atoms with E-state index >= 15 is 0 Å². The molecule has 38 heavy (non-hydrogen) atoms. The number of pyridine rings is 1. The van der Waals surface area contributed by atoms with Crippen LogP contribution in [-0.2, 0) is 5.75 Å². The summed E-state index contributed by atoms with van der Waals surface area (Å²) in [5.41, 5.74) is 5.76. The number of thioether (sulfide) groups is 1. The fourth-order valence-electron chi connectivity index (χ4n) is 4.14. The number of hydrogen-bond donors (Lipinski definition) is 1. The largest absolute Gasteiger partial charge is 0.494 e. The quantitative estimate of drug-likeness (QED) is 0.169. The Hall–Kier alpha value is -4.08. The molecule has 1 N–H and O–H groups in total. The molecule has 1 heterocycles. The molecule has 0 unspecified atom stereocenters. The first-order valence-electron chi connectivity index (χ1n) is 12.7. The van der Waals surface area contributed by atoms with Crippen molar-refractivity contribution in [3.63, 3.8) is 0 Å². The maximum Gasteiger partial charge on any atom is 0.258 e. The average Bonchev–Trinajstić information content (AvgIpc) is 2.93. The van der Waals surface area contributed by atoms with Gasteiger partial charge in [-0.2, -0.15) is 5.26 Å². The van der Waals surface area contributed by atoms with E-state index in [0.29, 0.717) is 45.5 Å². The lowest BCUT2D eigenvalue weighted by Crippen LogP contribution is -2.17. The highest BCUT2D eigenvalue weighted by Crippen LogP contribution is 2.37. The molecule has 0 saturated heterocycles. The van der Waals surface area contributed by atoms with E-state index in [1.807, 2.05) is 73.7 Å². The predicted molar refractivity (Wildman–Crippen MR) is 155 cm³/mol. The number of carbonyl (C=O) groups excluding carboxylic acids is 1. The predicted octanol–water partition coefficient (Wildman–Crippen LogP) is 7.96. The summed E-state index contributed by atoms with van der Waals surface area (Å²) in [7, 11) is 0. The van der Waals surface area contributed by atoms with Crippen LogP contribution in [0.3, 0.4) is 0 Å². The number of benzene rings is 3. The van der Waals surface area contributed by atoms with Crippen molar-refractivity contribution < 1.29 is 9.53 Å². The molecule has 0 fully saturated rings. The number of amides is 1. The number of ether oxygens (including phenoxy) is 1. The van der Waals surface area contributed by atoms with Crippen LogP contribution in [0.4, 0.5) is 5.69 Å². The minimum Gasteiger partial charge on any atom is -0.494 e. The third-order valence-electron chi connectivity index (χ3n) is 6.25. The molecule has 3 aromatic carbocycles. The third-order valence-corrected chi connectivity index (χ3v) is 7.27. The van der Waals surface area contributed by atoms with Gasteiger partial charge in [-0.05, 0) is 61.2 Å². The summed E-state index contributed by atoms with van der Waals surface area (Å²) in [5.74, 6) is 1.13. The van der Waals surface area contributed by atoms with Gasteiger partial charge in [-0.25, -0.2) is 4.98 Å².